The monoisotopic (exact) mass is 556 g/mol. The van der Waals surface area contributed by atoms with E-state index in [0.29, 0.717) is 42.5 Å². The van der Waals surface area contributed by atoms with Crippen LogP contribution in [0.1, 0.15) is 23.5 Å². The summed E-state index contributed by atoms with van der Waals surface area (Å²) in [5.74, 6) is 1.82. The van der Waals surface area contributed by atoms with Crippen LogP contribution < -0.4 is 16.4 Å². The van der Waals surface area contributed by atoms with Crippen molar-refractivity contribution < 1.29 is 0 Å². The number of aliphatic imine (C=N–C) groups is 1. The minimum Gasteiger partial charge on any atom is -0.382 e. The Labute approximate surface area is 208 Å². The maximum atomic E-state index is 9.54. The molecule has 3 aromatic heterocycles. The van der Waals surface area contributed by atoms with Gasteiger partial charge in [0.2, 0.25) is 0 Å². The first-order valence-corrected chi connectivity index (χ1v) is 10.3. The van der Waals surface area contributed by atoms with Crippen molar-refractivity contribution in [3.63, 3.8) is 0 Å². The number of pyridine rings is 1. The molecule has 11 heteroatoms. The molecule has 10 nitrogen and oxygen atoms in total. The number of hydrogen-bond acceptors (Lipinski definition) is 6. The molecular formula is C22H25IN10. The molecule has 0 aliphatic rings. The Hall–Kier alpha value is -3.66. The molecule has 0 atom stereocenters. The van der Waals surface area contributed by atoms with Crippen LogP contribution in [0.4, 0.5) is 5.82 Å². The third kappa shape index (κ3) is 5.40. The first kappa shape index (κ1) is 24.0. The summed E-state index contributed by atoms with van der Waals surface area (Å²) in [7, 11) is 1.72. The third-order valence-electron chi connectivity index (χ3n) is 5.01. The number of nitrogens with two attached hydrogens (primary N) is 1. The summed E-state index contributed by atoms with van der Waals surface area (Å²) < 4.78 is 3.54. The van der Waals surface area contributed by atoms with Gasteiger partial charge in [-0.15, -0.1) is 34.2 Å². The largest absolute Gasteiger partial charge is 0.382 e. The summed E-state index contributed by atoms with van der Waals surface area (Å²) in [6.07, 6.45) is 3.30. The first-order chi connectivity index (χ1) is 15.7. The van der Waals surface area contributed by atoms with E-state index in [1.807, 2.05) is 59.1 Å². The van der Waals surface area contributed by atoms with Gasteiger partial charge < -0.3 is 16.4 Å². The van der Waals surface area contributed by atoms with Gasteiger partial charge >= 0.3 is 0 Å². The lowest BCUT2D eigenvalue weighted by atomic mass is 10.1. The Kier molecular flexibility index (Phi) is 8.20. The Morgan fingerprint density at radius 1 is 1.12 bits per heavy atom. The molecular weight excluding hydrogens is 531 g/mol. The summed E-state index contributed by atoms with van der Waals surface area (Å²) in [6.45, 7) is 1.14. The Balaban J connectivity index is 0.00000306. The summed E-state index contributed by atoms with van der Waals surface area (Å²) >= 11 is 0. The predicted octanol–water partition coefficient (Wildman–Crippen LogP) is 2.28. The van der Waals surface area contributed by atoms with Crippen molar-refractivity contribution in [1.29, 1.82) is 5.26 Å². The number of nitrogens with zero attached hydrogens (tertiary/aromatic N) is 7. The van der Waals surface area contributed by atoms with Gasteiger partial charge in [-0.1, -0.05) is 24.3 Å². The van der Waals surface area contributed by atoms with Crippen LogP contribution in [0.3, 0.4) is 0 Å². The van der Waals surface area contributed by atoms with E-state index in [4.69, 9.17) is 5.73 Å². The number of guanidine groups is 1. The number of aryl methyl sites for hydroxylation is 1. The summed E-state index contributed by atoms with van der Waals surface area (Å²) in [6, 6.07) is 17.5. The third-order valence-corrected chi connectivity index (χ3v) is 5.01. The minimum absolute atomic E-state index is 0. The van der Waals surface area contributed by atoms with E-state index in [0.717, 1.165) is 23.6 Å². The number of benzene rings is 1. The van der Waals surface area contributed by atoms with Gasteiger partial charge in [0.05, 0.1) is 17.9 Å². The Morgan fingerprint density at radius 3 is 2.67 bits per heavy atom. The zero-order valence-electron chi connectivity index (χ0n) is 18.1. The van der Waals surface area contributed by atoms with Crippen LogP contribution >= 0.6 is 24.0 Å². The lowest BCUT2D eigenvalue weighted by Gasteiger charge is -2.11. The molecule has 0 aliphatic carbocycles. The van der Waals surface area contributed by atoms with E-state index in [1.165, 1.54) is 0 Å². The van der Waals surface area contributed by atoms with Crippen molar-refractivity contribution in [2.75, 3.05) is 19.3 Å². The number of hydrogen-bond donors (Lipinski definition) is 3. The number of para-hydroxylation sites is 1. The van der Waals surface area contributed by atoms with Gasteiger partial charge in [-0.3, -0.25) is 9.39 Å². The van der Waals surface area contributed by atoms with Gasteiger partial charge in [0.15, 0.2) is 17.4 Å². The first-order valence-electron chi connectivity index (χ1n) is 10.3. The average molecular weight is 556 g/mol. The topological polar surface area (TPSA) is 134 Å². The van der Waals surface area contributed by atoms with Crippen molar-refractivity contribution in [3.05, 3.63) is 71.8 Å². The van der Waals surface area contributed by atoms with Crippen LogP contribution in [0.2, 0.25) is 0 Å². The molecule has 0 unspecified atom stereocenters. The van der Waals surface area contributed by atoms with Gasteiger partial charge in [-0.2, -0.15) is 10.4 Å². The van der Waals surface area contributed by atoms with Gasteiger partial charge in [0.25, 0.3) is 0 Å². The predicted molar refractivity (Wildman–Crippen MR) is 138 cm³/mol. The number of nitriles is 1. The van der Waals surface area contributed by atoms with Crippen molar-refractivity contribution in [1.82, 2.24) is 35.0 Å². The van der Waals surface area contributed by atoms with Crippen molar-refractivity contribution >= 4 is 41.4 Å². The molecule has 0 radical (unpaired) electrons. The fourth-order valence-corrected chi connectivity index (χ4v) is 3.40. The Morgan fingerprint density at radius 2 is 1.91 bits per heavy atom. The molecule has 0 spiro atoms. The SMILES string of the molecule is CN=C(NCCCc1nn(-c2ccccc2)c(N)c1C#N)NCc1nnc2ccccn12.I. The van der Waals surface area contributed by atoms with E-state index < -0.39 is 0 Å². The van der Waals surface area contributed by atoms with Gasteiger partial charge in [-0.25, -0.2) is 4.68 Å². The average Bonchev–Trinajstić information content (AvgIpc) is 3.39. The van der Waals surface area contributed by atoms with Gasteiger partial charge in [0, 0.05) is 19.8 Å². The second-order valence-electron chi connectivity index (χ2n) is 7.07. The molecule has 3 heterocycles. The highest BCUT2D eigenvalue weighted by Crippen LogP contribution is 2.21. The molecule has 4 rings (SSSR count). The maximum absolute atomic E-state index is 9.54. The van der Waals surface area contributed by atoms with Crippen molar-refractivity contribution in [3.8, 4) is 11.8 Å². The number of rotatable bonds is 7. The molecule has 0 amide bonds. The molecule has 4 aromatic rings. The van der Waals surface area contributed by atoms with Crippen LogP contribution in [-0.2, 0) is 13.0 Å². The summed E-state index contributed by atoms with van der Waals surface area (Å²) in [5.41, 5.74) is 8.91. The molecule has 33 heavy (non-hydrogen) atoms. The van der Waals surface area contributed by atoms with Gasteiger partial charge in [-0.05, 0) is 37.1 Å². The normalized spacial score (nSPS) is 11.1. The number of halogens is 1. The number of nitrogen functional groups attached to an aromatic ring is 1. The fraction of sp³-hybridized carbons (Fsp3) is 0.227. The van der Waals surface area contributed by atoms with Crippen LogP contribution in [0.25, 0.3) is 11.3 Å². The second-order valence-corrected chi connectivity index (χ2v) is 7.07. The number of fused-ring (bicyclic) bond motifs is 1. The minimum atomic E-state index is 0. The molecule has 4 N–H and O–H groups in total. The number of aromatic nitrogens is 5. The maximum Gasteiger partial charge on any atom is 0.191 e. The quantitative estimate of drug-likeness (QED) is 0.138. The molecule has 0 bridgehead atoms. The van der Waals surface area contributed by atoms with Crippen LogP contribution in [0, 0.1) is 11.3 Å². The molecule has 1 aromatic carbocycles. The highest BCUT2D eigenvalue weighted by atomic mass is 127. The molecule has 170 valence electrons. The molecule has 0 saturated heterocycles. The summed E-state index contributed by atoms with van der Waals surface area (Å²) in [4.78, 5) is 4.25. The van der Waals surface area contributed by atoms with E-state index in [2.05, 4.69) is 37.0 Å². The smallest absolute Gasteiger partial charge is 0.191 e. The fourth-order valence-electron chi connectivity index (χ4n) is 3.40. The summed E-state index contributed by atoms with van der Waals surface area (Å²) in [5, 5.41) is 29.0. The zero-order valence-corrected chi connectivity index (χ0v) is 20.5. The number of anilines is 1. The zero-order chi connectivity index (χ0) is 22.3. The van der Waals surface area contributed by atoms with Crippen LogP contribution in [-0.4, -0.2) is 43.9 Å². The van der Waals surface area contributed by atoms with E-state index in [-0.39, 0.29) is 24.0 Å². The molecule has 0 fully saturated rings. The van der Waals surface area contributed by atoms with Crippen molar-refractivity contribution in [2.45, 2.75) is 19.4 Å². The van der Waals surface area contributed by atoms with Crippen LogP contribution in [0.15, 0.2) is 59.7 Å². The van der Waals surface area contributed by atoms with Crippen LogP contribution in [0.5, 0.6) is 0 Å². The molecule has 0 aliphatic heterocycles. The number of nitrogens with one attached hydrogen (secondary N) is 2. The van der Waals surface area contributed by atoms with E-state index in [9.17, 15) is 5.26 Å². The molecule has 0 saturated carbocycles. The highest BCUT2D eigenvalue weighted by Gasteiger charge is 2.16. The lowest BCUT2D eigenvalue weighted by Crippen LogP contribution is -2.37. The second kappa shape index (κ2) is 11.3. The van der Waals surface area contributed by atoms with Gasteiger partial charge in [0.1, 0.15) is 17.5 Å². The van der Waals surface area contributed by atoms with E-state index >= 15 is 0 Å². The lowest BCUT2D eigenvalue weighted by molar-refractivity contribution is 0.713. The van der Waals surface area contributed by atoms with Crippen molar-refractivity contribution in [2.24, 2.45) is 4.99 Å². The van der Waals surface area contributed by atoms with E-state index in [1.54, 1.807) is 11.7 Å². The standard InChI is InChI=1S/C22H24N10.HI/c1-25-22(27-15-20-29-28-19-11-5-6-13-31(19)20)26-12-7-10-18-17(14-23)21(24)32(30-18)16-8-3-2-4-9-16;/h2-6,8-9,11,13H,7,10,12,15,24H2,1H3,(H2,25,26,27);1H. The Bertz CT molecular complexity index is 1270. The highest BCUT2D eigenvalue weighted by molar-refractivity contribution is 14.0.